The molecule has 0 bridgehead atoms. The predicted molar refractivity (Wildman–Crippen MR) is 225 cm³/mol. The number of hydrogen-bond acceptors (Lipinski definition) is 7. The topological polar surface area (TPSA) is 103 Å². The largest absolute Gasteiger partial charge is 0.444 e. The molecule has 3 aromatic rings. The highest BCUT2D eigenvalue weighted by Crippen LogP contribution is 2.38. The molecule has 1 fully saturated rings. The number of halogens is 3. The van der Waals surface area contributed by atoms with Crippen LogP contribution in [-0.4, -0.2) is 79.8 Å². The lowest BCUT2D eigenvalue weighted by Crippen LogP contribution is -2.60. The van der Waals surface area contributed by atoms with Crippen LogP contribution in [0.25, 0.3) is 0 Å². The van der Waals surface area contributed by atoms with Crippen molar-refractivity contribution >= 4 is 26.3 Å². The maximum Gasteiger partial charge on any atom is 0.410 e. The van der Waals surface area contributed by atoms with Crippen molar-refractivity contribution in [3.8, 4) is 0 Å². The van der Waals surface area contributed by atoms with Gasteiger partial charge in [0.05, 0.1) is 31.4 Å². The molecule has 1 aliphatic rings. The van der Waals surface area contributed by atoms with Gasteiger partial charge in [0, 0.05) is 12.3 Å². The summed E-state index contributed by atoms with van der Waals surface area (Å²) in [4.78, 5) is 43.2. The summed E-state index contributed by atoms with van der Waals surface area (Å²) in [6.07, 6.45) is -2.08. The molecular formula is C46H63F3N2O7Si. The third-order valence-electron chi connectivity index (χ3n) is 10.9. The molecule has 4 rings (SSSR count). The number of amides is 2. The summed E-state index contributed by atoms with van der Waals surface area (Å²) in [6.45, 7) is 23.6. The molecule has 4 atom stereocenters. The summed E-state index contributed by atoms with van der Waals surface area (Å²) in [5.74, 6) is -2.89. The number of nitrogens with one attached hydrogen (secondary N) is 1. The molecule has 324 valence electrons. The fourth-order valence-electron chi connectivity index (χ4n) is 6.82. The molecule has 1 N–H and O–H groups in total. The number of hydrogen-bond donors (Lipinski definition) is 1. The highest BCUT2D eigenvalue weighted by atomic mass is 28.4. The van der Waals surface area contributed by atoms with E-state index in [1.807, 2.05) is 27.7 Å². The van der Waals surface area contributed by atoms with E-state index < -0.39 is 85.2 Å². The summed E-state index contributed by atoms with van der Waals surface area (Å²) >= 11 is 0. The van der Waals surface area contributed by atoms with Gasteiger partial charge in [0.15, 0.2) is 14.1 Å². The molecule has 1 saturated heterocycles. The number of benzene rings is 3. The molecule has 1 aliphatic heterocycles. The second kappa shape index (κ2) is 19.0. The molecule has 13 heteroatoms. The smallest absolute Gasteiger partial charge is 0.410 e. The number of nitrogens with zero attached hydrogens (tertiary/aromatic N) is 1. The maximum atomic E-state index is 15.8. The van der Waals surface area contributed by atoms with Crippen LogP contribution in [-0.2, 0) is 36.3 Å². The van der Waals surface area contributed by atoms with Crippen LogP contribution in [0.4, 0.5) is 22.8 Å². The molecule has 0 spiro atoms. The first-order chi connectivity index (χ1) is 27.2. The lowest BCUT2D eigenvalue weighted by atomic mass is 9.81. The Morgan fingerprint density at radius 3 is 1.88 bits per heavy atom. The number of rotatable bonds is 13. The Balaban J connectivity index is 1.63. The quantitative estimate of drug-likeness (QED) is 0.171. The summed E-state index contributed by atoms with van der Waals surface area (Å²) in [5, 5.41) is 2.69. The minimum atomic E-state index is -2.17. The van der Waals surface area contributed by atoms with Crippen molar-refractivity contribution in [1.29, 1.82) is 0 Å². The van der Waals surface area contributed by atoms with E-state index in [-0.39, 0.29) is 31.0 Å². The SMILES string of the molecule is C[C@@H]1O[C@H](CCc2c(F)cccc2CC(=O)[C@@H](NC(=O)OC(C)(C)C)C(c2ccc(F)cc2)c2ccc(F)cc2)CN(C(=O)OC(C)(C)C)[C@@H]1CO[Si](C)(C)C(C)(C)C. The Labute approximate surface area is 349 Å². The Bertz CT molecular complexity index is 1860. The number of Topliss-reactive ketones (excluding diaryl/α,β-unsaturated/α-hetero) is 1. The second-order valence-corrected chi connectivity index (χ2v) is 23.8. The van der Waals surface area contributed by atoms with Crippen LogP contribution in [0.15, 0.2) is 66.7 Å². The molecule has 0 radical (unpaired) electrons. The molecular weight excluding hydrogens is 778 g/mol. The van der Waals surface area contributed by atoms with Gasteiger partial charge in [-0.1, -0.05) is 57.2 Å². The third kappa shape index (κ3) is 13.4. The van der Waals surface area contributed by atoms with Crippen LogP contribution < -0.4 is 5.32 Å². The highest BCUT2D eigenvalue weighted by Gasteiger charge is 2.43. The van der Waals surface area contributed by atoms with Crippen LogP contribution in [0.3, 0.4) is 0 Å². The first-order valence-electron chi connectivity index (χ1n) is 20.3. The third-order valence-corrected chi connectivity index (χ3v) is 15.4. The van der Waals surface area contributed by atoms with Crippen molar-refractivity contribution < 1.29 is 46.2 Å². The van der Waals surface area contributed by atoms with Crippen LogP contribution in [0.5, 0.6) is 0 Å². The van der Waals surface area contributed by atoms with Gasteiger partial charge in [-0.05, 0) is 132 Å². The zero-order valence-corrected chi connectivity index (χ0v) is 37.7. The molecule has 0 saturated carbocycles. The van der Waals surface area contributed by atoms with Gasteiger partial charge in [-0.25, -0.2) is 22.8 Å². The van der Waals surface area contributed by atoms with E-state index >= 15 is 4.39 Å². The fraction of sp³-hybridized carbons (Fsp3) is 0.543. The minimum absolute atomic E-state index is 0.0431. The summed E-state index contributed by atoms with van der Waals surface area (Å²) in [5.41, 5.74) is 0.0216. The second-order valence-electron chi connectivity index (χ2n) is 19.0. The number of carbonyl (C=O) groups is 3. The van der Waals surface area contributed by atoms with E-state index in [1.54, 1.807) is 31.7 Å². The van der Waals surface area contributed by atoms with Crippen molar-refractivity contribution in [3.63, 3.8) is 0 Å². The van der Waals surface area contributed by atoms with Gasteiger partial charge in [-0.2, -0.15) is 0 Å². The van der Waals surface area contributed by atoms with Gasteiger partial charge in [0.2, 0.25) is 0 Å². The Morgan fingerprint density at radius 2 is 1.37 bits per heavy atom. The van der Waals surface area contributed by atoms with Crippen molar-refractivity contribution in [3.05, 3.63) is 106 Å². The summed E-state index contributed by atoms with van der Waals surface area (Å²) < 4.78 is 68.6. The molecule has 3 aromatic carbocycles. The maximum absolute atomic E-state index is 15.8. The molecule has 59 heavy (non-hydrogen) atoms. The van der Waals surface area contributed by atoms with Crippen LogP contribution in [0, 0.1) is 17.5 Å². The normalized spacial score (nSPS) is 18.4. The Kier molecular flexibility index (Phi) is 15.3. The summed E-state index contributed by atoms with van der Waals surface area (Å²) in [6, 6.07) is 13.8. The van der Waals surface area contributed by atoms with Crippen molar-refractivity contribution in [2.24, 2.45) is 0 Å². The van der Waals surface area contributed by atoms with Gasteiger partial charge in [0.1, 0.15) is 34.7 Å². The Morgan fingerprint density at radius 1 is 0.831 bits per heavy atom. The first kappa shape index (κ1) is 47.5. The predicted octanol–water partition coefficient (Wildman–Crippen LogP) is 10.3. The van der Waals surface area contributed by atoms with Crippen molar-refractivity contribution in [1.82, 2.24) is 10.2 Å². The number of alkyl carbamates (subject to hydrolysis) is 1. The van der Waals surface area contributed by atoms with Gasteiger partial charge in [-0.3, -0.25) is 9.69 Å². The number of morpholine rings is 1. The van der Waals surface area contributed by atoms with E-state index in [4.69, 9.17) is 18.6 Å². The summed E-state index contributed by atoms with van der Waals surface area (Å²) in [7, 11) is -2.17. The zero-order valence-electron chi connectivity index (χ0n) is 36.7. The number of ether oxygens (including phenoxy) is 3. The molecule has 0 unspecified atom stereocenters. The number of carbonyl (C=O) groups excluding carboxylic acids is 3. The standard InChI is InChI=1S/C46H63F3N2O7Si/c1-29-38(28-55-59(11,12)46(8,9)10)51(43(54)58-45(5,6)7)27-35(56-29)24-25-36-32(14-13-15-37(36)49)26-39(52)41(50-42(53)57-44(2,3)4)40(30-16-20-33(47)21-17-30)31-18-22-34(48)23-19-31/h13-23,29,35,38,40-41H,24-28H2,1-12H3,(H,50,53)/t29-,35+,38+,41+/m0/s1. The van der Waals surface area contributed by atoms with E-state index in [2.05, 4.69) is 39.2 Å². The lowest BCUT2D eigenvalue weighted by molar-refractivity contribution is -0.121. The number of ketones is 1. The minimum Gasteiger partial charge on any atom is -0.444 e. The molecule has 9 nitrogen and oxygen atoms in total. The van der Waals surface area contributed by atoms with Crippen LogP contribution in [0.1, 0.15) is 104 Å². The molecule has 1 heterocycles. The first-order valence-corrected chi connectivity index (χ1v) is 23.2. The highest BCUT2D eigenvalue weighted by molar-refractivity contribution is 6.74. The Hall–Kier alpha value is -4.20. The fourth-order valence-corrected chi connectivity index (χ4v) is 7.85. The average molecular weight is 841 g/mol. The van der Waals surface area contributed by atoms with E-state index in [1.165, 1.54) is 60.7 Å². The van der Waals surface area contributed by atoms with Crippen molar-refractivity contribution in [2.75, 3.05) is 13.2 Å². The monoisotopic (exact) mass is 840 g/mol. The van der Waals surface area contributed by atoms with Gasteiger partial charge in [-0.15, -0.1) is 0 Å². The molecule has 0 aliphatic carbocycles. The lowest BCUT2D eigenvalue weighted by Gasteiger charge is -2.45. The van der Waals surface area contributed by atoms with E-state index in [0.717, 1.165) is 0 Å². The molecule has 2 amide bonds. The van der Waals surface area contributed by atoms with Gasteiger partial charge < -0.3 is 24.0 Å². The zero-order chi connectivity index (χ0) is 44.1. The van der Waals surface area contributed by atoms with E-state index in [0.29, 0.717) is 28.7 Å². The van der Waals surface area contributed by atoms with Crippen LogP contribution in [0.2, 0.25) is 18.1 Å². The van der Waals surface area contributed by atoms with E-state index in [9.17, 15) is 23.2 Å². The van der Waals surface area contributed by atoms with Gasteiger partial charge in [0.25, 0.3) is 0 Å². The van der Waals surface area contributed by atoms with Gasteiger partial charge >= 0.3 is 12.2 Å². The molecule has 0 aromatic heterocycles. The average Bonchev–Trinajstić information content (AvgIpc) is 3.10. The van der Waals surface area contributed by atoms with Crippen molar-refractivity contribution in [2.45, 2.75) is 148 Å². The van der Waals surface area contributed by atoms with Crippen LogP contribution >= 0.6 is 0 Å².